The number of aromatic nitrogens is 2. The van der Waals surface area contributed by atoms with Crippen LogP contribution >= 0.6 is 0 Å². The van der Waals surface area contributed by atoms with Gasteiger partial charge in [0.05, 0.1) is 17.9 Å². The maximum absolute atomic E-state index is 12.6. The van der Waals surface area contributed by atoms with Crippen molar-refractivity contribution >= 4 is 11.8 Å². The zero-order valence-corrected chi connectivity index (χ0v) is 15.1. The number of carbonyl (C=O) groups is 2. The third-order valence-corrected chi connectivity index (χ3v) is 4.51. The molecule has 6 heteroatoms. The van der Waals surface area contributed by atoms with Gasteiger partial charge in [0.15, 0.2) is 0 Å². The molecule has 1 aliphatic rings. The molecule has 1 N–H and O–H groups in total. The minimum absolute atomic E-state index is 0.0121. The van der Waals surface area contributed by atoms with Crippen molar-refractivity contribution in [2.45, 2.75) is 45.6 Å². The summed E-state index contributed by atoms with van der Waals surface area (Å²) < 4.78 is 0. The van der Waals surface area contributed by atoms with Gasteiger partial charge in [-0.15, -0.1) is 0 Å². The molecule has 6 nitrogen and oxygen atoms in total. The lowest BCUT2D eigenvalue weighted by atomic mass is 9.92. The number of hydrogen-bond acceptors (Lipinski definition) is 3. The van der Waals surface area contributed by atoms with Gasteiger partial charge in [0.2, 0.25) is 11.8 Å². The molecule has 1 aromatic heterocycles. The topological polar surface area (TPSA) is 69.3 Å². The van der Waals surface area contributed by atoms with Gasteiger partial charge in [-0.2, -0.15) is 5.10 Å². The predicted octanol–water partition coefficient (Wildman–Crippen LogP) is 2.09. The normalized spacial score (nSPS) is 16.1. The molecule has 0 radical (unpaired) electrons. The number of piperidine rings is 1. The van der Waals surface area contributed by atoms with E-state index in [0.717, 1.165) is 11.4 Å². The van der Waals surface area contributed by atoms with Crippen LogP contribution in [-0.2, 0) is 21.5 Å². The number of H-pyrrole nitrogens is 1. The number of amides is 2. The van der Waals surface area contributed by atoms with E-state index in [1.54, 1.807) is 9.80 Å². The highest BCUT2D eigenvalue weighted by Crippen LogP contribution is 2.22. The minimum Gasteiger partial charge on any atom is -0.340 e. The van der Waals surface area contributed by atoms with Crippen LogP contribution in [0.25, 0.3) is 0 Å². The molecule has 2 amide bonds. The molecule has 0 spiro atoms. The van der Waals surface area contributed by atoms with Gasteiger partial charge >= 0.3 is 0 Å². The second-order valence-corrected chi connectivity index (χ2v) is 7.53. The molecule has 0 aromatic carbocycles. The number of nitrogens with one attached hydrogen (secondary N) is 1. The number of rotatable bonds is 4. The van der Waals surface area contributed by atoms with Crippen LogP contribution in [0.2, 0.25) is 0 Å². The summed E-state index contributed by atoms with van der Waals surface area (Å²) in [5.74, 6) is 0.0582. The van der Waals surface area contributed by atoms with E-state index < -0.39 is 0 Å². The highest BCUT2D eigenvalue weighted by molar-refractivity contribution is 5.87. The Morgan fingerprint density at radius 3 is 2.54 bits per heavy atom. The molecule has 0 atom stereocenters. The molecule has 1 saturated heterocycles. The zero-order valence-electron chi connectivity index (χ0n) is 15.1. The average Bonchev–Trinajstić information content (AvgIpc) is 3.02. The van der Waals surface area contributed by atoms with Gasteiger partial charge in [-0.05, 0) is 25.0 Å². The maximum atomic E-state index is 12.6. The highest BCUT2D eigenvalue weighted by atomic mass is 16.2. The molecule has 1 fully saturated rings. The molecule has 1 aliphatic heterocycles. The molecule has 2 rings (SSSR count). The first-order valence-corrected chi connectivity index (χ1v) is 8.43. The second-order valence-electron chi connectivity index (χ2n) is 7.53. The van der Waals surface area contributed by atoms with Gasteiger partial charge in [0.25, 0.3) is 0 Å². The third-order valence-electron chi connectivity index (χ3n) is 4.51. The summed E-state index contributed by atoms with van der Waals surface area (Å²) in [5.41, 5.74) is 1.92. The summed E-state index contributed by atoms with van der Waals surface area (Å²) in [5, 5.41) is 7.36. The lowest BCUT2D eigenvalue weighted by molar-refractivity contribution is -0.138. The van der Waals surface area contributed by atoms with Crippen molar-refractivity contribution in [3.05, 3.63) is 30.1 Å². The smallest absolute Gasteiger partial charge is 0.245 e. The van der Waals surface area contributed by atoms with Gasteiger partial charge in [0, 0.05) is 31.5 Å². The summed E-state index contributed by atoms with van der Waals surface area (Å²) in [7, 11) is 1.82. The van der Waals surface area contributed by atoms with E-state index in [0.29, 0.717) is 32.5 Å². The first kappa shape index (κ1) is 18.2. The standard InChI is InChI=1S/C18H28N4O2/c1-6-16(23)22-9-7-13(8-10-22)17(24)21(5)12-14-11-15(20-19-14)18(2,3)4/h6,11,13H,1,7-10,12H2,2-5H3,(H,19,20). The lowest BCUT2D eigenvalue weighted by Gasteiger charge is -2.32. The molecular formula is C18H28N4O2. The Morgan fingerprint density at radius 2 is 2.04 bits per heavy atom. The molecule has 24 heavy (non-hydrogen) atoms. The second kappa shape index (κ2) is 7.20. The number of hydrogen-bond donors (Lipinski definition) is 1. The molecule has 2 heterocycles. The summed E-state index contributed by atoms with van der Waals surface area (Å²) in [6, 6.07) is 2.02. The molecule has 1 aromatic rings. The largest absolute Gasteiger partial charge is 0.340 e. The quantitative estimate of drug-likeness (QED) is 0.858. The maximum Gasteiger partial charge on any atom is 0.245 e. The number of carbonyl (C=O) groups excluding carboxylic acids is 2. The Bertz CT molecular complexity index is 607. The zero-order chi connectivity index (χ0) is 17.9. The van der Waals surface area contributed by atoms with Gasteiger partial charge in [0.1, 0.15) is 0 Å². The summed E-state index contributed by atoms with van der Waals surface area (Å²) >= 11 is 0. The van der Waals surface area contributed by atoms with E-state index in [2.05, 4.69) is 37.5 Å². The van der Waals surface area contributed by atoms with Crippen LogP contribution in [0.3, 0.4) is 0 Å². The molecular weight excluding hydrogens is 304 g/mol. The summed E-state index contributed by atoms with van der Waals surface area (Å²) in [6.45, 7) is 11.6. The van der Waals surface area contributed by atoms with Crippen molar-refractivity contribution in [2.75, 3.05) is 20.1 Å². The van der Waals surface area contributed by atoms with Crippen molar-refractivity contribution in [3.63, 3.8) is 0 Å². The first-order valence-electron chi connectivity index (χ1n) is 8.43. The monoisotopic (exact) mass is 332 g/mol. The van der Waals surface area contributed by atoms with Gasteiger partial charge in [-0.3, -0.25) is 14.7 Å². The number of aromatic amines is 1. The van der Waals surface area contributed by atoms with Gasteiger partial charge < -0.3 is 9.80 Å². The van der Waals surface area contributed by atoms with Crippen molar-refractivity contribution in [1.82, 2.24) is 20.0 Å². The average molecular weight is 332 g/mol. The van der Waals surface area contributed by atoms with E-state index in [4.69, 9.17) is 0 Å². The van der Waals surface area contributed by atoms with Crippen LogP contribution in [0.4, 0.5) is 0 Å². The SMILES string of the molecule is C=CC(=O)N1CCC(C(=O)N(C)Cc2cc(C(C)(C)C)n[nH]2)CC1. The highest BCUT2D eigenvalue weighted by Gasteiger charge is 2.28. The van der Waals surface area contributed by atoms with Crippen LogP contribution in [0.5, 0.6) is 0 Å². The third kappa shape index (κ3) is 4.24. The van der Waals surface area contributed by atoms with Crippen molar-refractivity contribution in [2.24, 2.45) is 5.92 Å². The summed E-state index contributed by atoms with van der Waals surface area (Å²) in [4.78, 5) is 27.7. The Morgan fingerprint density at radius 1 is 1.42 bits per heavy atom. The lowest BCUT2D eigenvalue weighted by Crippen LogP contribution is -2.42. The number of nitrogens with zero attached hydrogens (tertiary/aromatic N) is 3. The summed E-state index contributed by atoms with van der Waals surface area (Å²) in [6.07, 6.45) is 2.75. The van der Waals surface area contributed by atoms with E-state index >= 15 is 0 Å². The molecule has 0 unspecified atom stereocenters. The van der Waals surface area contributed by atoms with Gasteiger partial charge in [-0.1, -0.05) is 27.4 Å². The van der Waals surface area contributed by atoms with Crippen molar-refractivity contribution in [3.8, 4) is 0 Å². The molecule has 0 saturated carbocycles. The fourth-order valence-corrected chi connectivity index (χ4v) is 2.95. The van der Waals surface area contributed by atoms with Crippen LogP contribution in [0.15, 0.2) is 18.7 Å². The Kier molecular flexibility index (Phi) is 5.47. The Labute approximate surface area is 143 Å². The van der Waals surface area contributed by atoms with Crippen LogP contribution in [0.1, 0.15) is 45.0 Å². The molecule has 0 bridgehead atoms. The predicted molar refractivity (Wildman–Crippen MR) is 93.3 cm³/mol. The molecule has 0 aliphatic carbocycles. The Balaban J connectivity index is 1.90. The van der Waals surface area contributed by atoms with Crippen LogP contribution < -0.4 is 0 Å². The molecule has 132 valence electrons. The fourth-order valence-electron chi connectivity index (χ4n) is 2.95. The van der Waals surface area contributed by atoms with E-state index in [1.807, 2.05) is 13.1 Å². The van der Waals surface area contributed by atoms with Crippen molar-refractivity contribution < 1.29 is 9.59 Å². The van der Waals surface area contributed by atoms with E-state index in [-0.39, 0.29) is 23.1 Å². The Hall–Kier alpha value is -2.11. The fraction of sp³-hybridized carbons (Fsp3) is 0.611. The van der Waals surface area contributed by atoms with Crippen LogP contribution in [-0.4, -0.2) is 51.9 Å². The van der Waals surface area contributed by atoms with Crippen LogP contribution in [0, 0.1) is 5.92 Å². The minimum atomic E-state index is -0.0542. The van der Waals surface area contributed by atoms with Crippen molar-refractivity contribution in [1.29, 1.82) is 0 Å². The van der Waals surface area contributed by atoms with E-state index in [9.17, 15) is 9.59 Å². The first-order chi connectivity index (χ1) is 11.2. The van der Waals surface area contributed by atoms with Gasteiger partial charge in [-0.25, -0.2) is 0 Å². The van der Waals surface area contributed by atoms with E-state index in [1.165, 1.54) is 6.08 Å². The number of likely N-dealkylation sites (tertiary alicyclic amines) is 1.